The second-order valence-electron chi connectivity index (χ2n) is 5.99. The van der Waals surface area contributed by atoms with Crippen LogP contribution in [0.3, 0.4) is 0 Å². The van der Waals surface area contributed by atoms with Gasteiger partial charge in [0.25, 0.3) is 0 Å². The lowest BCUT2D eigenvalue weighted by Gasteiger charge is -2.21. The average molecular weight is 397 g/mol. The standard InChI is InChI=1S/C19H28N2O5S/c1-4-10-20-15(18(23)24)11-17(22)21-12-27-16-9-7-6-8-14(16)13(3)19(25)26-5-2/h4,15,20H,1,3,5-12H2,2H3,(H,21,22)(H,23,24). The summed E-state index contributed by atoms with van der Waals surface area (Å²) >= 11 is 1.45. The summed E-state index contributed by atoms with van der Waals surface area (Å²) in [5.41, 5.74) is 1.28. The Bertz CT molecular complexity index is 615. The number of carboxylic acids is 1. The van der Waals surface area contributed by atoms with Gasteiger partial charge in [0.05, 0.1) is 24.5 Å². The number of allylic oxidation sites excluding steroid dienone is 1. The fourth-order valence-electron chi connectivity index (χ4n) is 2.63. The molecule has 27 heavy (non-hydrogen) atoms. The van der Waals surface area contributed by atoms with Crippen LogP contribution in [0.2, 0.25) is 0 Å². The van der Waals surface area contributed by atoms with Crippen molar-refractivity contribution in [2.75, 3.05) is 19.0 Å². The second-order valence-corrected chi connectivity index (χ2v) is 7.06. The van der Waals surface area contributed by atoms with Gasteiger partial charge in [-0.1, -0.05) is 12.7 Å². The highest BCUT2D eigenvalue weighted by molar-refractivity contribution is 8.03. The lowest BCUT2D eigenvalue weighted by Crippen LogP contribution is -2.41. The maximum Gasteiger partial charge on any atom is 0.337 e. The van der Waals surface area contributed by atoms with Crippen molar-refractivity contribution < 1.29 is 24.2 Å². The molecule has 7 nitrogen and oxygen atoms in total. The largest absolute Gasteiger partial charge is 0.480 e. The zero-order valence-corrected chi connectivity index (χ0v) is 16.5. The number of amides is 1. The lowest BCUT2D eigenvalue weighted by atomic mass is 9.94. The molecule has 0 spiro atoms. The molecule has 0 saturated heterocycles. The van der Waals surface area contributed by atoms with Gasteiger partial charge in [0.1, 0.15) is 6.04 Å². The minimum Gasteiger partial charge on any atom is -0.480 e. The van der Waals surface area contributed by atoms with Crippen molar-refractivity contribution in [2.45, 2.75) is 45.1 Å². The third kappa shape index (κ3) is 8.01. The van der Waals surface area contributed by atoms with Crippen LogP contribution in [-0.4, -0.2) is 48.0 Å². The van der Waals surface area contributed by atoms with Crippen molar-refractivity contribution in [3.05, 3.63) is 35.3 Å². The van der Waals surface area contributed by atoms with Gasteiger partial charge in [-0.15, -0.1) is 18.3 Å². The third-order valence-electron chi connectivity index (χ3n) is 4.02. The topological polar surface area (TPSA) is 105 Å². The Labute approximate surface area is 164 Å². The van der Waals surface area contributed by atoms with Crippen LogP contribution in [0.4, 0.5) is 0 Å². The summed E-state index contributed by atoms with van der Waals surface area (Å²) in [4.78, 5) is 36.1. The molecule has 3 N–H and O–H groups in total. The Morgan fingerprint density at radius 1 is 1.33 bits per heavy atom. The third-order valence-corrected chi connectivity index (χ3v) is 5.10. The fourth-order valence-corrected chi connectivity index (χ4v) is 3.73. The SMILES string of the molecule is C=CCNC(CC(=O)NCSC1=C(C(=C)C(=O)OCC)CCCC1)C(=O)O. The van der Waals surface area contributed by atoms with E-state index in [1.54, 1.807) is 6.92 Å². The highest BCUT2D eigenvalue weighted by Gasteiger charge is 2.22. The number of esters is 1. The molecule has 1 amide bonds. The van der Waals surface area contributed by atoms with Crippen molar-refractivity contribution in [2.24, 2.45) is 0 Å². The molecule has 1 aliphatic carbocycles. The van der Waals surface area contributed by atoms with Crippen molar-refractivity contribution in [3.63, 3.8) is 0 Å². The van der Waals surface area contributed by atoms with Crippen LogP contribution in [0.5, 0.6) is 0 Å². The molecule has 0 radical (unpaired) electrons. The molecule has 0 aliphatic heterocycles. The molecule has 0 fully saturated rings. The van der Waals surface area contributed by atoms with E-state index in [4.69, 9.17) is 9.84 Å². The van der Waals surface area contributed by atoms with Gasteiger partial charge < -0.3 is 20.5 Å². The van der Waals surface area contributed by atoms with Gasteiger partial charge in [0.2, 0.25) is 5.91 Å². The predicted molar refractivity (Wildman–Crippen MR) is 106 cm³/mol. The minimum absolute atomic E-state index is 0.162. The number of carbonyl (C=O) groups excluding carboxylic acids is 2. The summed E-state index contributed by atoms with van der Waals surface area (Å²) in [5.74, 6) is -1.54. The highest BCUT2D eigenvalue weighted by Crippen LogP contribution is 2.36. The number of ether oxygens (including phenoxy) is 1. The predicted octanol–water partition coefficient (Wildman–Crippen LogP) is 2.36. The molecule has 0 bridgehead atoms. The zero-order valence-electron chi connectivity index (χ0n) is 15.7. The molecule has 1 aliphatic rings. The van der Waals surface area contributed by atoms with E-state index in [-0.39, 0.29) is 12.3 Å². The van der Waals surface area contributed by atoms with Crippen LogP contribution < -0.4 is 10.6 Å². The quantitative estimate of drug-likeness (QED) is 0.201. The van der Waals surface area contributed by atoms with Gasteiger partial charge in [0, 0.05) is 6.54 Å². The summed E-state index contributed by atoms with van der Waals surface area (Å²) < 4.78 is 5.03. The first-order valence-corrected chi connectivity index (χ1v) is 9.94. The van der Waals surface area contributed by atoms with Gasteiger partial charge in [0.15, 0.2) is 0 Å². The molecule has 1 rings (SSSR count). The summed E-state index contributed by atoms with van der Waals surface area (Å²) in [6.07, 6.45) is 4.97. The molecule has 0 aromatic rings. The van der Waals surface area contributed by atoms with Gasteiger partial charge in [-0.3, -0.25) is 9.59 Å². The number of nitrogens with one attached hydrogen (secondary N) is 2. The molecular weight excluding hydrogens is 368 g/mol. The molecule has 0 aromatic carbocycles. The van der Waals surface area contributed by atoms with E-state index in [0.717, 1.165) is 36.2 Å². The molecular formula is C19H28N2O5S. The van der Waals surface area contributed by atoms with Crippen molar-refractivity contribution in [1.82, 2.24) is 10.6 Å². The number of thioether (sulfide) groups is 1. The maximum absolute atomic E-state index is 12.0. The second kappa shape index (κ2) is 12.3. The molecule has 0 aromatic heterocycles. The Balaban J connectivity index is 2.59. The number of carbonyl (C=O) groups is 3. The van der Waals surface area contributed by atoms with E-state index in [1.165, 1.54) is 17.8 Å². The lowest BCUT2D eigenvalue weighted by molar-refractivity contribution is -0.141. The first kappa shape index (κ1) is 23.0. The Hall–Kier alpha value is -2.06. The van der Waals surface area contributed by atoms with Crippen molar-refractivity contribution >= 4 is 29.6 Å². The van der Waals surface area contributed by atoms with Crippen LogP contribution in [-0.2, 0) is 19.1 Å². The molecule has 1 atom stereocenters. The first-order valence-electron chi connectivity index (χ1n) is 8.95. The van der Waals surface area contributed by atoms with Crippen LogP contribution >= 0.6 is 11.8 Å². The van der Waals surface area contributed by atoms with Crippen LogP contribution in [0.15, 0.2) is 35.3 Å². The van der Waals surface area contributed by atoms with Gasteiger partial charge in [-0.25, -0.2) is 4.79 Å². The molecule has 150 valence electrons. The van der Waals surface area contributed by atoms with E-state index in [0.29, 0.717) is 24.6 Å². The number of aliphatic carboxylic acids is 1. The van der Waals surface area contributed by atoms with Crippen LogP contribution in [0.25, 0.3) is 0 Å². The fraction of sp³-hybridized carbons (Fsp3) is 0.526. The first-order chi connectivity index (χ1) is 12.9. The summed E-state index contributed by atoms with van der Waals surface area (Å²) in [7, 11) is 0. The van der Waals surface area contributed by atoms with E-state index in [9.17, 15) is 14.4 Å². The van der Waals surface area contributed by atoms with Gasteiger partial charge >= 0.3 is 11.9 Å². The summed E-state index contributed by atoms with van der Waals surface area (Å²) in [6.45, 7) is 9.74. The number of rotatable bonds is 12. The van der Waals surface area contributed by atoms with E-state index in [2.05, 4.69) is 23.8 Å². The number of hydrogen-bond donors (Lipinski definition) is 3. The van der Waals surface area contributed by atoms with Crippen molar-refractivity contribution in [3.8, 4) is 0 Å². The highest BCUT2D eigenvalue weighted by atomic mass is 32.2. The minimum atomic E-state index is -1.08. The van der Waals surface area contributed by atoms with Crippen LogP contribution in [0.1, 0.15) is 39.0 Å². The molecule has 8 heteroatoms. The zero-order chi connectivity index (χ0) is 20.2. The molecule has 1 unspecified atom stereocenters. The average Bonchev–Trinajstić information content (AvgIpc) is 2.64. The smallest absolute Gasteiger partial charge is 0.337 e. The Kier molecular flexibility index (Phi) is 10.5. The van der Waals surface area contributed by atoms with Crippen LogP contribution in [0, 0.1) is 0 Å². The molecule has 0 saturated carbocycles. The van der Waals surface area contributed by atoms with E-state index in [1.807, 2.05) is 0 Å². The molecule has 0 heterocycles. The summed E-state index contributed by atoms with van der Waals surface area (Å²) in [6, 6.07) is -0.957. The van der Waals surface area contributed by atoms with Gasteiger partial charge in [-0.2, -0.15) is 0 Å². The maximum atomic E-state index is 12.0. The Morgan fingerprint density at radius 2 is 2.04 bits per heavy atom. The number of carboxylic acid groups (broad SMARTS) is 1. The van der Waals surface area contributed by atoms with E-state index < -0.39 is 18.0 Å². The monoisotopic (exact) mass is 396 g/mol. The van der Waals surface area contributed by atoms with Crippen molar-refractivity contribution in [1.29, 1.82) is 0 Å². The normalized spacial score (nSPS) is 15.0. The Morgan fingerprint density at radius 3 is 2.67 bits per heavy atom. The van der Waals surface area contributed by atoms with E-state index >= 15 is 0 Å². The summed E-state index contributed by atoms with van der Waals surface area (Å²) in [5, 5.41) is 14.6. The number of hydrogen-bond acceptors (Lipinski definition) is 6. The van der Waals surface area contributed by atoms with Gasteiger partial charge in [-0.05, 0) is 43.1 Å².